The predicted molar refractivity (Wildman–Crippen MR) is 112 cm³/mol. The van der Waals surface area contributed by atoms with E-state index in [2.05, 4.69) is 55.3 Å². The lowest BCUT2D eigenvalue weighted by atomic mass is 9.99. The van der Waals surface area contributed by atoms with Crippen molar-refractivity contribution in [3.8, 4) is 10.8 Å². The van der Waals surface area contributed by atoms with Crippen LogP contribution in [0.1, 0.15) is 29.7 Å². The molecule has 0 bridgehead atoms. The Kier molecular flexibility index (Phi) is 4.81. The van der Waals surface area contributed by atoms with Crippen LogP contribution in [-0.4, -0.2) is 33.2 Å². The summed E-state index contributed by atoms with van der Waals surface area (Å²) in [5.41, 5.74) is 1.11. The molecule has 4 heterocycles. The van der Waals surface area contributed by atoms with Crippen LogP contribution in [-0.2, 0) is 6.54 Å². The fourth-order valence-electron chi connectivity index (χ4n) is 3.50. The third-order valence-electron chi connectivity index (χ3n) is 4.77. The molecule has 0 radical (unpaired) electrons. The van der Waals surface area contributed by atoms with Gasteiger partial charge in [0.1, 0.15) is 0 Å². The largest absolute Gasteiger partial charge is 0.419 e. The Hall–Kier alpha value is -1.61. The Morgan fingerprint density at radius 2 is 2.07 bits per heavy atom. The van der Waals surface area contributed by atoms with Crippen LogP contribution >= 0.6 is 38.6 Å². The molecule has 0 spiro atoms. The zero-order valence-corrected chi connectivity index (χ0v) is 17.7. The number of hydrogen-bond donors (Lipinski definition) is 0. The second-order valence-electron chi connectivity index (χ2n) is 6.70. The van der Waals surface area contributed by atoms with E-state index >= 15 is 0 Å². The number of thiazole rings is 1. The van der Waals surface area contributed by atoms with Gasteiger partial charge >= 0.3 is 0 Å². The Bertz CT molecular complexity index is 1040. The van der Waals surface area contributed by atoms with Gasteiger partial charge < -0.3 is 4.42 Å². The summed E-state index contributed by atoms with van der Waals surface area (Å²) in [6, 6.07) is 12.4. The van der Waals surface area contributed by atoms with Gasteiger partial charge in [0.15, 0.2) is 0 Å². The number of fused-ring (bicyclic) bond motifs is 1. The van der Waals surface area contributed by atoms with E-state index in [1.54, 1.807) is 11.3 Å². The van der Waals surface area contributed by atoms with E-state index in [1.807, 2.05) is 23.5 Å². The molecule has 1 saturated heterocycles. The van der Waals surface area contributed by atoms with Crippen LogP contribution in [0.2, 0.25) is 0 Å². The van der Waals surface area contributed by atoms with Gasteiger partial charge in [0.25, 0.3) is 5.89 Å². The van der Waals surface area contributed by atoms with Gasteiger partial charge in [-0.2, -0.15) is 0 Å². The molecule has 0 saturated carbocycles. The molecule has 1 fully saturated rings. The minimum Gasteiger partial charge on any atom is -0.419 e. The third-order valence-corrected chi connectivity index (χ3v) is 7.59. The molecule has 5 rings (SSSR count). The molecular formula is C19H17BrN4OS2. The lowest BCUT2D eigenvalue weighted by Gasteiger charge is -2.30. The molecule has 3 aromatic heterocycles. The van der Waals surface area contributed by atoms with Crippen molar-refractivity contribution in [3.63, 3.8) is 0 Å². The van der Waals surface area contributed by atoms with Gasteiger partial charge in [-0.15, -0.1) is 32.9 Å². The first-order valence-corrected chi connectivity index (χ1v) is 11.3. The molecular weight excluding hydrogens is 444 g/mol. The summed E-state index contributed by atoms with van der Waals surface area (Å²) < 4.78 is 8.22. The average Bonchev–Trinajstić information content (AvgIpc) is 3.41. The van der Waals surface area contributed by atoms with E-state index < -0.39 is 0 Å². The smallest absolute Gasteiger partial charge is 0.257 e. The monoisotopic (exact) mass is 460 g/mol. The first-order valence-electron chi connectivity index (χ1n) is 8.90. The normalized spacial score (nSPS) is 18.3. The van der Waals surface area contributed by atoms with Crippen LogP contribution in [0.25, 0.3) is 21.0 Å². The zero-order chi connectivity index (χ0) is 18.2. The van der Waals surface area contributed by atoms with E-state index in [0.29, 0.717) is 24.2 Å². The fourth-order valence-corrected chi connectivity index (χ4v) is 5.90. The maximum atomic E-state index is 5.89. The van der Waals surface area contributed by atoms with Crippen LogP contribution in [0.15, 0.2) is 44.6 Å². The van der Waals surface area contributed by atoms with Gasteiger partial charge in [-0.3, -0.25) is 4.90 Å². The number of para-hydroxylation sites is 1. The number of likely N-dealkylation sites (tertiary alicyclic amines) is 1. The highest BCUT2D eigenvalue weighted by atomic mass is 79.9. The quantitative estimate of drug-likeness (QED) is 0.399. The number of halogens is 1. The summed E-state index contributed by atoms with van der Waals surface area (Å²) in [7, 11) is 0. The van der Waals surface area contributed by atoms with Crippen molar-refractivity contribution in [1.29, 1.82) is 0 Å². The molecule has 1 aromatic carbocycles. The zero-order valence-electron chi connectivity index (χ0n) is 14.5. The Morgan fingerprint density at radius 1 is 1.15 bits per heavy atom. The molecule has 1 aliphatic rings. The first-order chi connectivity index (χ1) is 13.2. The number of hydrogen-bond acceptors (Lipinski definition) is 7. The summed E-state index contributed by atoms with van der Waals surface area (Å²) in [4.78, 5) is 8.26. The maximum Gasteiger partial charge on any atom is 0.257 e. The van der Waals surface area contributed by atoms with E-state index in [9.17, 15) is 0 Å². The van der Waals surface area contributed by atoms with Crippen LogP contribution in [0.5, 0.6) is 0 Å². The summed E-state index contributed by atoms with van der Waals surface area (Å²) in [5, 5.41) is 9.70. The predicted octanol–water partition coefficient (Wildman–Crippen LogP) is 5.55. The highest BCUT2D eigenvalue weighted by Crippen LogP contribution is 2.34. The minimum atomic E-state index is 0.479. The topological polar surface area (TPSA) is 55.1 Å². The number of piperidine rings is 1. The van der Waals surface area contributed by atoms with Crippen molar-refractivity contribution in [2.75, 3.05) is 13.1 Å². The molecule has 0 N–H and O–H groups in total. The molecule has 8 heteroatoms. The van der Waals surface area contributed by atoms with Crippen LogP contribution in [0.3, 0.4) is 0 Å². The third kappa shape index (κ3) is 3.71. The van der Waals surface area contributed by atoms with Crippen molar-refractivity contribution < 1.29 is 4.42 Å². The minimum absolute atomic E-state index is 0.479. The van der Waals surface area contributed by atoms with Gasteiger partial charge in [0, 0.05) is 12.5 Å². The second kappa shape index (κ2) is 7.43. The van der Waals surface area contributed by atoms with E-state index in [1.165, 1.54) is 22.5 Å². The van der Waals surface area contributed by atoms with E-state index in [0.717, 1.165) is 27.3 Å². The Labute approximate surface area is 173 Å². The number of nitrogens with zero attached hydrogens (tertiary/aromatic N) is 4. The number of rotatable bonds is 4. The van der Waals surface area contributed by atoms with Gasteiger partial charge in [0.2, 0.25) is 5.89 Å². The lowest BCUT2D eigenvalue weighted by molar-refractivity contribution is 0.184. The summed E-state index contributed by atoms with van der Waals surface area (Å²) >= 11 is 6.90. The molecule has 4 aromatic rings. The van der Waals surface area contributed by atoms with E-state index in [-0.39, 0.29) is 0 Å². The SMILES string of the molecule is Brc1ccc(-c2nnc(CN3CCC[C@H](c4nc5ccccc5s4)C3)o2)s1. The molecule has 5 nitrogen and oxygen atoms in total. The van der Waals surface area contributed by atoms with Gasteiger partial charge in [-0.1, -0.05) is 12.1 Å². The summed E-state index contributed by atoms with van der Waals surface area (Å²) in [6.07, 6.45) is 2.36. The summed E-state index contributed by atoms with van der Waals surface area (Å²) in [6.45, 7) is 2.74. The van der Waals surface area contributed by atoms with Gasteiger partial charge in [-0.05, 0) is 59.6 Å². The van der Waals surface area contributed by atoms with Crippen LogP contribution in [0, 0.1) is 0 Å². The fraction of sp³-hybridized carbons (Fsp3) is 0.316. The second-order valence-corrected chi connectivity index (χ2v) is 10.2. The molecule has 0 aliphatic carbocycles. The molecule has 0 amide bonds. The van der Waals surface area contributed by atoms with Gasteiger partial charge in [0.05, 0.1) is 30.4 Å². The van der Waals surface area contributed by atoms with Crippen molar-refractivity contribution in [3.05, 3.63) is 51.1 Å². The standard InChI is InChI=1S/C19H17BrN4OS2/c20-16-8-7-15(26-16)18-23-22-17(25-18)11-24-9-3-4-12(10-24)19-21-13-5-1-2-6-14(13)27-19/h1-2,5-8,12H,3-4,9-11H2/t12-/m0/s1. The van der Waals surface area contributed by atoms with E-state index in [4.69, 9.17) is 9.40 Å². The summed E-state index contributed by atoms with van der Waals surface area (Å²) in [5.74, 6) is 1.76. The van der Waals surface area contributed by atoms with Crippen molar-refractivity contribution in [2.45, 2.75) is 25.3 Å². The Morgan fingerprint density at radius 3 is 2.93 bits per heavy atom. The molecule has 0 unspecified atom stereocenters. The molecule has 27 heavy (non-hydrogen) atoms. The molecule has 1 atom stereocenters. The van der Waals surface area contributed by atoms with Gasteiger partial charge in [-0.25, -0.2) is 4.98 Å². The number of thiophene rings is 1. The van der Waals surface area contributed by atoms with Crippen LogP contribution < -0.4 is 0 Å². The first kappa shape index (κ1) is 17.5. The average molecular weight is 461 g/mol. The van der Waals surface area contributed by atoms with Crippen molar-refractivity contribution in [2.24, 2.45) is 0 Å². The number of benzene rings is 1. The van der Waals surface area contributed by atoms with Crippen molar-refractivity contribution in [1.82, 2.24) is 20.1 Å². The molecule has 1 aliphatic heterocycles. The lowest BCUT2D eigenvalue weighted by Crippen LogP contribution is -2.33. The Balaban J connectivity index is 1.29. The highest BCUT2D eigenvalue weighted by Gasteiger charge is 2.25. The van der Waals surface area contributed by atoms with Crippen LogP contribution in [0.4, 0.5) is 0 Å². The van der Waals surface area contributed by atoms with Crippen molar-refractivity contribution >= 4 is 48.8 Å². The number of aromatic nitrogens is 3. The maximum absolute atomic E-state index is 5.89. The molecule has 138 valence electrons. The highest BCUT2D eigenvalue weighted by molar-refractivity contribution is 9.11.